The number of imidazole rings is 1. The summed E-state index contributed by atoms with van der Waals surface area (Å²) in [4.78, 5) is 29.9. The van der Waals surface area contributed by atoms with E-state index < -0.39 is 0 Å². The summed E-state index contributed by atoms with van der Waals surface area (Å²) < 4.78 is 0. The molecule has 1 N–H and O–H groups in total. The third-order valence-corrected chi connectivity index (χ3v) is 6.46. The van der Waals surface area contributed by atoms with Gasteiger partial charge in [0.1, 0.15) is 5.82 Å². The maximum Gasteiger partial charge on any atom is 0.227 e. The molecule has 3 heterocycles. The number of carbonyl (C=O) groups excluding carboxylic acids is 1. The fourth-order valence-electron chi connectivity index (χ4n) is 4.29. The lowest BCUT2D eigenvalue weighted by molar-refractivity contribution is -0.118. The van der Waals surface area contributed by atoms with E-state index in [1.54, 1.807) is 6.33 Å². The van der Waals surface area contributed by atoms with Crippen LogP contribution in [0.15, 0.2) is 36.7 Å². The van der Waals surface area contributed by atoms with Crippen molar-refractivity contribution in [3.63, 3.8) is 0 Å². The largest absolute Gasteiger partial charge is 0.356 e. The predicted molar refractivity (Wildman–Crippen MR) is 131 cm³/mol. The first-order valence-corrected chi connectivity index (χ1v) is 11.7. The van der Waals surface area contributed by atoms with Crippen LogP contribution in [0.4, 0.5) is 11.5 Å². The average molecular weight is 434 g/mol. The molecule has 1 amide bonds. The molecule has 0 bridgehead atoms. The number of anilines is 2. The second-order valence-electron chi connectivity index (χ2n) is 10.0. The fraction of sp³-hybridized carbons (Fsp3) is 0.500. The highest BCUT2D eigenvalue weighted by Crippen LogP contribution is 2.31. The molecule has 0 aliphatic carbocycles. The number of aromatic amines is 1. The van der Waals surface area contributed by atoms with Gasteiger partial charge in [0.2, 0.25) is 5.91 Å². The molecule has 6 nitrogen and oxygen atoms in total. The topological polar surface area (TPSA) is 65.1 Å². The maximum atomic E-state index is 13.0. The van der Waals surface area contributed by atoms with Gasteiger partial charge in [0.15, 0.2) is 0 Å². The number of H-pyrrole nitrogens is 1. The molecule has 0 radical (unpaired) electrons. The Kier molecular flexibility index (Phi) is 6.22. The fourth-order valence-corrected chi connectivity index (χ4v) is 4.29. The monoisotopic (exact) mass is 433 g/mol. The number of aromatic nitrogens is 3. The Morgan fingerprint density at radius 1 is 1.19 bits per heavy atom. The Morgan fingerprint density at radius 3 is 2.62 bits per heavy atom. The van der Waals surface area contributed by atoms with Gasteiger partial charge in [-0.2, -0.15) is 0 Å². The van der Waals surface area contributed by atoms with Crippen LogP contribution in [0.25, 0.3) is 11.0 Å². The summed E-state index contributed by atoms with van der Waals surface area (Å²) in [6, 6.07) is 10.2. The van der Waals surface area contributed by atoms with Crippen LogP contribution in [0, 0.1) is 5.92 Å². The molecule has 1 aliphatic rings. The van der Waals surface area contributed by atoms with Gasteiger partial charge in [-0.1, -0.05) is 40.7 Å². The number of fused-ring (bicyclic) bond motifs is 1. The van der Waals surface area contributed by atoms with E-state index >= 15 is 0 Å². The summed E-state index contributed by atoms with van der Waals surface area (Å²) >= 11 is 0. The molecule has 1 aliphatic heterocycles. The molecule has 2 aromatic heterocycles. The Balaban J connectivity index is 1.73. The quantitative estimate of drug-likeness (QED) is 0.582. The van der Waals surface area contributed by atoms with Crippen molar-refractivity contribution in [1.29, 1.82) is 0 Å². The van der Waals surface area contributed by atoms with Crippen LogP contribution >= 0.6 is 0 Å². The van der Waals surface area contributed by atoms with E-state index in [4.69, 9.17) is 4.98 Å². The molecule has 1 fully saturated rings. The van der Waals surface area contributed by atoms with Crippen molar-refractivity contribution in [2.24, 2.45) is 5.92 Å². The predicted octanol–water partition coefficient (Wildman–Crippen LogP) is 5.43. The summed E-state index contributed by atoms with van der Waals surface area (Å²) in [5.41, 5.74) is 4.87. The van der Waals surface area contributed by atoms with Gasteiger partial charge in [-0.15, -0.1) is 0 Å². The van der Waals surface area contributed by atoms with Crippen molar-refractivity contribution >= 4 is 28.4 Å². The van der Waals surface area contributed by atoms with E-state index in [1.165, 1.54) is 12.8 Å². The zero-order valence-corrected chi connectivity index (χ0v) is 20.0. The van der Waals surface area contributed by atoms with Gasteiger partial charge >= 0.3 is 0 Å². The van der Waals surface area contributed by atoms with Crippen LogP contribution in [0.3, 0.4) is 0 Å². The number of hydrogen-bond acceptors (Lipinski definition) is 4. The van der Waals surface area contributed by atoms with Crippen molar-refractivity contribution in [3.8, 4) is 0 Å². The van der Waals surface area contributed by atoms with E-state index in [-0.39, 0.29) is 11.3 Å². The Hall–Kier alpha value is -2.89. The van der Waals surface area contributed by atoms with Gasteiger partial charge in [-0.3, -0.25) is 4.79 Å². The van der Waals surface area contributed by atoms with Crippen LogP contribution in [-0.2, 0) is 16.8 Å². The van der Waals surface area contributed by atoms with Gasteiger partial charge in [-0.05, 0) is 43.0 Å². The average Bonchev–Trinajstić information content (AvgIpc) is 3.25. The van der Waals surface area contributed by atoms with Gasteiger partial charge in [0.25, 0.3) is 0 Å². The lowest BCUT2D eigenvalue weighted by Crippen LogP contribution is -2.36. The molecule has 1 saturated heterocycles. The van der Waals surface area contributed by atoms with E-state index in [1.807, 2.05) is 30.0 Å². The van der Waals surface area contributed by atoms with Gasteiger partial charge in [0.05, 0.1) is 23.9 Å². The highest BCUT2D eigenvalue weighted by Gasteiger charge is 2.25. The zero-order chi connectivity index (χ0) is 22.9. The second kappa shape index (κ2) is 8.93. The number of carbonyl (C=O) groups is 1. The van der Waals surface area contributed by atoms with Crippen molar-refractivity contribution < 1.29 is 4.79 Å². The zero-order valence-electron chi connectivity index (χ0n) is 20.0. The number of nitrogens with one attached hydrogen (secondary N) is 1. The number of piperidine rings is 1. The molecule has 1 aromatic carbocycles. The summed E-state index contributed by atoms with van der Waals surface area (Å²) in [5, 5.41) is 0. The first-order chi connectivity index (χ1) is 15.3. The molecule has 170 valence electrons. The SMILES string of the molecule is CCC(=O)N(Cc1ccc(C(C)(C)C)nc1N1CCC(C)CC1)c1ccc2nc[nH]c2c1. The molecule has 3 aromatic rings. The minimum atomic E-state index is -0.0268. The molecule has 0 atom stereocenters. The second-order valence-corrected chi connectivity index (χ2v) is 10.0. The standard InChI is InChI=1S/C26H35N5O/c1-6-24(32)31(20-8-9-21-22(15-20)28-17-27-21)16-19-7-10-23(26(3,4)5)29-25(19)30-13-11-18(2)12-14-30/h7-10,15,17-18H,6,11-14,16H2,1-5H3,(H,27,28). The van der Waals surface area contributed by atoms with E-state index in [0.717, 1.165) is 52.8 Å². The number of nitrogens with zero attached hydrogens (tertiary/aromatic N) is 4. The van der Waals surface area contributed by atoms with Crippen LogP contribution in [0.5, 0.6) is 0 Å². The van der Waals surface area contributed by atoms with Crippen molar-refractivity contribution in [2.75, 3.05) is 22.9 Å². The summed E-state index contributed by atoms with van der Waals surface area (Å²) in [6.07, 6.45) is 4.49. The van der Waals surface area contributed by atoms with Crippen LogP contribution in [0.2, 0.25) is 0 Å². The molecular weight excluding hydrogens is 398 g/mol. The van der Waals surface area contributed by atoms with Crippen molar-refractivity contribution in [1.82, 2.24) is 15.0 Å². The Morgan fingerprint density at radius 2 is 1.94 bits per heavy atom. The van der Waals surface area contributed by atoms with E-state index in [0.29, 0.717) is 13.0 Å². The number of benzene rings is 1. The Labute approximate surface area is 191 Å². The van der Waals surface area contributed by atoms with E-state index in [9.17, 15) is 4.79 Å². The first kappa shape index (κ1) is 22.3. The summed E-state index contributed by atoms with van der Waals surface area (Å²) in [7, 11) is 0. The minimum Gasteiger partial charge on any atom is -0.356 e. The maximum absolute atomic E-state index is 13.0. The molecule has 0 unspecified atom stereocenters. The highest BCUT2D eigenvalue weighted by atomic mass is 16.2. The van der Waals surface area contributed by atoms with Crippen LogP contribution in [-0.4, -0.2) is 33.9 Å². The van der Waals surface area contributed by atoms with Gasteiger partial charge in [-0.25, -0.2) is 9.97 Å². The van der Waals surface area contributed by atoms with Crippen LogP contribution in [0.1, 0.15) is 65.1 Å². The summed E-state index contributed by atoms with van der Waals surface area (Å²) in [6.45, 7) is 13.4. The van der Waals surface area contributed by atoms with Gasteiger partial charge in [0, 0.05) is 41.9 Å². The van der Waals surface area contributed by atoms with Crippen LogP contribution < -0.4 is 9.80 Å². The Bertz CT molecular complexity index is 1090. The first-order valence-electron chi connectivity index (χ1n) is 11.7. The lowest BCUT2D eigenvalue weighted by atomic mass is 9.91. The number of hydrogen-bond donors (Lipinski definition) is 1. The summed E-state index contributed by atoms with van der Waals surface area (Å²) in [5.74, 6) is 1.88. The normalized spacial score (nSPS) is 15.3. The third-order valence-electron chi connectivity index (χ3n) is 6.46. The smallest absolute Gasteiger partial charge is 0.227 e. The molecule has 0 spiro atoms. The minimum absolute atomic E-state index is 0.0268. The van der Waals surface area contributed by atoms with Crippen molar-refractivity contribution in [3.05, 3.63) is 47.9 Å². The lowest BCUT2D eigenvalue weighted by Gasteiger charge is -2.34. The molecule has 6 heteroatoms. The highest BCUT2D eigenvalue weighted by molar-refractivity contribution is 5.95. The van der Waals surface area contributed by atoms with Gasteiger partial charge < -0.3 is 14.8 Å². The number of pyridine rings is 1. The number of amides is 1. The molecule has 4 rings (SSSR count). The molecule has 32 heavy (non-hydrogen) atoms. The third kappa shape index (κ3) is 4.64. The molecule has 0 saturated carbocycles. The van der Waals surface area contributed by atoms with Crippen molar-refractivity contribution in [2.45, 2.75) is 65.8 Å². The molecular formula is C26H35N5O. The number of rotatable bonds is 5. The van der Waals surface area contributed by atoms with E-state index in [2.05, 4.69) is 54.7 Å².